The molecule has 3 aromatic rings. The molecule has 1 saturated heterocycles. The highest BCUT2D eigenvalue weighted by Crippen LogP contribution is 2.27. The molecule has 0 saturated carbocycles. The number of morpholine rings is 1. The lowest BCUT2D eigenvalue weighted by Crippen LogP contribution is -2.36. The van der Waals surface area contributed by atoms with E-state index in [1.807, 2.05) is 24.3 Å². The number of nitrogens with one attached hydrogen (secondary N) is 1. The van der Waals surface area contributed by atoms with E-state index < -0.39 is 0 Å². The number of unbranched alkanes of at least 4 members (excludes halogenated alkanes) is 1. The third-order valence-corrected chi connectivity index (χ3v) is 5.54. The molecule has 4 rings (SSSR count). The first-order valence-electron chi connectivity index (χ1n) is 10.6. The summed E-state index contributed by atoms with van der Waals surface area (Å²) in [6.07, 6.45) is 7.19. The minimum Gasteiger partial charge on any atom is -0.384 e. The number of pyridine rings is 2. The van der Waals surface area contributed by atoms with Crippen LogP contribution < -0.4 is 5.32 Å². The molecule has 0 aliphatic carbocycles. The molecule has 0 radical (unpaired) electrons. The molecule has 0 unspecified atom stereocenters. The molecule has 0 bridgehead atoms. The number of hydrogen-bond acceptors (Lipinski definition) is 5. The van der Waals surface area contributed by atoms with Crippen LogP contribution in [-0.4, -0.2) is 54.3 Å². The van der Waals surface area contributed by atoms with Gasteiger partial charge in [-0.25, -0.2) is 9.37 Å². The fraction of sp³-hybridized carbons (Fsp3) is 0.333. The number of rotatable bonds is 8. The monoisotopic (exact) mass is 440 g/mol. The van der Waals surface area contributed by atoms with Crippen molar-refractivity contribution >= 4 is 40.3 Å². The average molecular weight is 441 g/mol. The second kappa shape index (κ2) is 10.7. The molecular weight excluding hydrogens is 415 g/mol. The molecule has 0 amide bonds. The Kier molecular flexibility index (Phi) is 7.46. The Bertz CT molecular complexity index is 1050. The maximum Gasteiger partial charge on any atom is 0.148 e. The first-order valence-corrected chi connectivity index (χ1v) is 11.0. The van der Waals surface area contributed by atoms with E-state index in [1.54, 1.807) is 24.4 Å². The predicted molar refractivity (Wildman–Crippen MR) is 125 cm³/mol. The molecule has 0 spiro atoms. The molecular formula is C24H26ClFN4O. The normalized spacial score (nSPS) is 15.0. The Balaban J connectivity index is 1.45. The third-order valence-electron chi connectivity index (χ3n) is 5.31. The van der Waals surface area contributed by atoms with Gasteiger partial charge in [-0.05, 0) is 67.9 Å². The van der Waals surface area contributed by atoms with Crippen LogP contribution in [0.4, 0.5) is 10.1 Å². The van der Waals surface area contributed by atoms with Crippen molar-refractivity contribution in [2.75, 3.05) is 44.7 Å². The molecule has 7 heteroatoms. The number of fused-ring (bicyclic) bond motifs is 1. The summed E-state index contributed by atoms with van der Waals surface area (Å²) in [6, 6.07) is 10.6. The van der Waals surface area contributed by atoms with Gasteiger partial charge in [0.1, 0.15) is 5.82 Å². The number of aromatic nitrogens is 2. The minimum absolute atomic E-state index is 0.290. The Morgan fingerprint density at radius 1 is 1.13 bits per heavy atom. The summed E-state index contributed by atoms with van der Waals surface area (Å²) in [6.45, 7) is 5.66. The zero-order valence-electron chi connectivity index (χ0n) is 17.4. The Morgan fingerprint density at radius 2 is 2.00 bits per heavy atom. The van der Waals surface area contributed by atoms with Crippen molar-refractivity contribution < 1.29 is 9.13 Å². The second-order valence-corrected chi connectivity index (χ2v) is 7.98. The summed E-state index contributed by atoms with van der Waals surface area (Å²) < 4.78 is 19.3. The van der Waals surface area contributed by atoms with Gasteiger partial charge in [-0.15, -0.1) is 0 Å². The smallest absolute Gasteiger partial charge is 0.148 e. The predicted octanol–water partition coefficient (Wildman–Crippen LogP) is 5.12. The Morgan fingerprint density at radius 3 is 2.84 bits per heavy atom. The number of benzene rings is 1. The number of halogens is 2. The van der Waals surface area contributed by atoms with Gasteiger partial charge in [-0.1, -0.05) is 11.6 Å². The second-order valence-electron chi connectivity index (χ2n) is 7.55. The van der Waals surface area contributed by atoms with Gasteiger partial charge in [0.2, 0.25) is 0 Å². The van der Waals surface area contributed by atoms with Crippen LogP contribution in [0.1, 0.15) is 24.2 Å². The SMILES string of the molecule is Fc1cccnc1/C=C/c1cc(NCCCCN2CCOCC2)c2cc(Cl)ccc2n1. The molecule has 162 valence electrons. The van der Waals surface area contributed by atoms with Crippen molar-refractivity contribution in [3.05, 3.63) is 64.8 Å². The van der Waals surface area contributed by atoms with Crippen LogP contribution in [0.5, 0.6) is 0 Å². The van der Waals surface area contributed by atoms with E-state index in [1.165, 1.54) is 6.07 Å². The lowest BCUT2D eigenvalue weighted by atomic mass is 10.1. The van der Waals surface area contributed by atoms with E-state index in [2.05, 4.69) is 20.2 Å². The lowest BCUT2D eigenvalue weighted by molar-refractivity contribution is 0.0373. The topological polar surface area (TPSA) is 50.3 Å². The van der Waals surface area contributed by atoms with E-state index in [4.69, 9.17) is 16.3 Å². The summed E-state index contributed by atoms with van der Waals surface area (Å²) in [5.74, 6) is -0.357. The van der Waals surface area contributed by atoms with Crippen molar-refractivity contribution in [1.82, 2.24) is 14.9 Å². The van der Waals surface area contributed by atoms with Crippen molar-refractivity contribution in [2.45, 2.75) is 12.8 Å². The molecule has 1 aromatic carbocycles. The van der Waals surface area contributed by atoms with Gasteiger partial charge in [0.15, 0.2) is 0 Å². The third kappa shape index (κ3) is 6.00. The zero-order chi connectivity index (χ0) is 21.5. The first kappa shape index (κ1) is 21.7. The summed E-state index contributed by atoms with van der Waals surface area (Å²) in [5, 5.41) is 5.18. The molecule has 1 aliphatic heterocycles. The van der Waals surface area contributed by atoms with E-state index in [0.29, 0.717) is 5.02 Å². The fourth-order valence-corrected chi connectivity index (χ4v) is 3.82. The van der Waals surface area contributed by atoms with Crippen molar-refractivity contribution in [2.24, 2.45) is 0 Å². The summed E-state index contributed by atoms with van der Waals surface area (Å²) in [4.78, 5) is 11.2. The van der Waals surface area contributed by atoms with Crippen LogP contribution in [0.3, 0.4) is 0 Å². The molecule has 1 fully saturated rings. The first-order chi connectivity index (χ1) is 15.2. The van der Waals surface area contributed by atoms with Gasteiger partial charge in [-0.2, -0.15) is 0 Å². The van der Waals surface area contributed by atoms with Crippen molar-refractivity contribution in [3.63, 3.8) is 0 Å². The maximum atomic E-state index is 13.9. The lowest BCUT2D eigenvalue weighted by Gasteiger charge is -2.26. The van der Waals surface area contributed by atoms with E-state index >= 15 is 0 Å². The Labute approximate surface area is 186 Å². The zero-order valence-corrected chi connectivity index (χ0v) is 18.1. The fourth-order valence-electron chi connectivity index (χ4n) is 3.64. The highest BCUT2D eigenvalue weighted by Gasteiger charge is 2.10. The van der Waals surface area contributed by atoms with Crippen LogP contribution >= 0.6 is 11.6 Å². The minimum atomic E-state index is -0.357. The van der Waals surface area contributed by atoms with Crippen LogP contribution in [0.2, 0.25) is 5.02 Å². The highest BCUT2D eigenvalue weighted by molar-refractivity contribution is 6.31. The largest absolute Gasteiger partial charge is 0.384 e. The van der Waals surface area contributed by atoms with E-state index in [9.17, 15) is 4.39 Å². The average Bonchev–Trinajstić information content (AvgIpc) is 2.79. The summed E-state index contributed by atoms with van der Waals surface area (Å²) in [5.41, 5.74) is 2.83. The van der Waals surface area contributed by atoms with Gasteiger partial charge >= 0.3 is 0 Å². The van der Waals surface area contributed by atoms with Gasteiger partial charge < -0.3 is 10.1 Å². The molecule has 1 N–H and O–H groups in total. The van der Waals surface area contributed by atoms with Crippen LogP contribution in [-0.2, 0) is 4.74 Å². The number of nitrogens with zero attached hydrogens (tertiary/aromatic N) is 3. The molecule has 31 heavy (non-hydrogen) atoms. The molecule has 2 aromatic heterocycles. The van der Waals surface area contributed by atoms with Gasteiger partial charge in [0.25, 0.3) is 0 Å². The molecule has 0 atom stereocenters. The molecule has 3 heterocycles. The van der Waals surface area contributed by atoms with E-state index in [-0.39, 0.29) is 11.5 Å². The molecule has 1 aliphatic rings. The number of ether oxygens (including phenoxy) is 1. The quantitative estimate of drug-likeness (QED) is 0.493. The van der Waals surface area contributed by atoms with Gasteiger partial charge in [0, 0.05) is 41.9 Å². The summed E-state index contributed by atoms with van der Waals surface area (Å²) >= 11 is 6.22. The Hall–Kier alpha value is -2.54. The van der Waals surface area contributed by atoms with Crippen molar-refractivity contribution in [3.8, 4) is 0 Å². The van der Waals surface area contributed by atoms with Crippen LogP contribution in [0.15, 0.2) is 42.6 Å². The number of hydrogen-bond donors (Lipinski definition) is 1. The highest BCUT2D eigenvalue weighted by atomic mass is 35.5. The van der Waals surface area contributed by atoms with Gasteiger partial charge in [0.05, 0.1) is 30.1 Å². The molecule has 5 nitrogen and oxygen atoms in total. The van der Waals surface area contributed by atoms with E-state index in [0.717, 1.165) is 74.5 Å². The van der Waals surface area contributed by atoms with Crippen LogP contribution in [0.25, 0.3) is 23.1 Å². The number of anilines is 1. The van der Waals surface area contributed by atoms with Crippen molar-refractivity contribution in [1.29, 1.82) is 0 Å². The van der Waals surface area contributed by atoms with Crippen LogP contribution in [0, 0.1) is 5.82 Å². The summed E-state index contributed by atoms with van der Waals surface area (Å²) in [7, 11) is 0. The standard InChI is InChI=1S/C24H26ClFN4O/c25-18-5-7-22-20(16-18)24(28-9-1-2-11-30-12-14-31-15-13-30)17-19(29-22)6-8-23-21(26)4-3-10-27-23/h3-8,10,16-17H,1-2,9,11-15H2,(H,28,29)/b8-6+. The van der Waals surface area contributed by atoms with Gasteiger partial charge in [-0.3, -0.25) is 9.88 Å². The maximum absolute atomic E-state index is 13.9.